The number of urea groups is 2. The van der Waals surface area contributed by atoms with Crippen molar-refractivity contribution in [2.24, 2.45) is 5.92 Å². The normalized spacial score (nSPS) is 11.9. The molecule has 0 aliphatic heterocycles. The molecule has 0 bridgehead atoms. The van der Waals surface area contributed by atoms with Gasteiger partial charge in [-0.1, -0.05) is 80.6 Å². The molecule has 58 heavy (non-hydrogen) atoms. The van der Waals surface area contributed by atoms with Crippen LogP contribution in [0.3, 0.4) is 0 Å². The third-order valence-electron chi connectivity index (χ3n) is 9.45. The molecule has 308 valence electrons. The van der Waals surface area contributed by atoms with Gasteiger partial charge in [-0.15, -0.1) is 0 Å². The number of benzene rings is 4. The van der Waals surface area contributed by atoms with E-state index in [0.29, 0.717) is 35.8 Å². The standard InChI is InChI=1S/C45H56N6O7/c1-7-48(35-22-16-12-17-23-35)44(56)50(9-3)37-27-34(28-38(29-37)51(10-4)45(57)49(8-2)36-24-18-13-19-25-36)41(53)46-39(26-32(5)6)42(54)47-40(30-52)43(55)58-31-33-20-14-11-15-21-33/h11-25,27-29,32,39-40,52H,7-10,26,30-31H2,1-6H3,(H,46,53)(H,47,54)/t39-,40-/m0/s1. The Hall–Kier alpha value is -6.21. The first kappa shape index (κ1) is 44.5. The zero-order valence-electron chi connectivity index (χ0n) is 34.3. The van der Waals surface area contributed by atoms with Crippen molar-refractivity contribution in [3.05, 3.63) is 120 Å². The van der Waals surface area contributed by atoms with Crippen molar-refractivity contribution in [2.75, 3.05) is 52.4 Å². The molecule has 4 rings (SSSR count). The van der Waals surface area contributed by atoms with Crippen molar-refractivity contribution in [3.63, 3.8) is 0 Å². The summed E-state index contributed by atoms with van der Waals surface area (Å²) < 4.78 is 5.36. The molecular formula is C45H56N6O7. The molecule has 13 heteroatoms. The van der Waals surface area contributed by atoms with Crippen LogP contribution in [0.4, 0.5) is 32.3 Å². The Balaban J connectivity index is 1.71. The fraction of sp³-hybridized carbons (Fsp3) is 0.356. The molecule has 0 radical (unpaired) electrons. The third-order valence-corrected chi connectivity index (χ3v) is 9.45. The van der Waals surface area contributed by atoms with Crippen LogP contribution in [-0.4, -0.2) is 79.8 Å². The number of carbonyl (C=O) groups excluding carboxylic acids is 5. The smallest absolute Gasteiger partial charge is 0.331 e. The largest absolute Gasteiger partial charge is 0.459 e. The monoisotopic (exact) mass is 792 g/mol. The zero-order valence-corrected chi connectivity index (χ0v) is 34.3. The van der Waals surface area contributed by atoms with Crippen molar-refractivity contribution in [1.82, 2.24) is 10.6 Å². The van der Waals surface area contributed by atoms with Gasteiger partial charge in [0, 0.05) is 54.5 Å². The molecule has 0 fully saturated rings. The topological polar surface area (TPSA) is 152 Å². The van der Waals surface area contributed by atoms with Gasteiger partial charge >= 0.3 is 18.0 Å². The van der Waals surface area contributed by atoms with Crippen LogP contribution in [0.15, 0.2) is 109 Å². The average molecular weight is 793 g/mol. The number of hydrogen-bond donors (Lipinski definition) is 3. The number of ether oxygens (including phenoxy) is 1. The van der Waals surface area contributed by atoms with Crippen LogP contribution in [0.1, 0.15) is 63.9 Å². The summed E-state index contributed by atoms with van der Waals surface area (Å²) in [5.41, 5.74) is 2.96. The highest BCUT2D eigenvalue weighted by molar-refractivity contribution is 6.08. The Labute approximate surface area is 341 Å². The molecule has 0 aromatic heterocycles. The van der Waals surface area contributed by atoms with E-state index in [1.54, 1.807) is 52.3 Å². The Kier molecular flexibility index (Phi) is 16.8. The van der Waals surface area contributed by atoms with Crippen LogP contribution in [0, 0.1) is 5.92 Å². The molecule has 13 nitrogen and oxygen atoms in total. The number of aliphatic hydroxyl groups is 1. The van der Waals surface area contributed by atoms with Crippen molar-refractivity contribution in [3.8, 4) is 0 Å². The number of aliphatic hydroxyl groups excluding tert-OH is 1. The second-order valence-electron chi connectivity index (χ2n) is 13.9. The molecule has 0 spiro atoms. The molecule has 0 aliphatic carbocycles. The SMILES string of the molecule is CCN(C(=O)N(CC)c1cc(C(=O)N[C@@H](CC(C)C)C(=O)N[C@@H](CO)C(=O)OCc2ccccc2)cc(N(CC)C(=O)N(CC)c2ccccc2)c1)c1ccccc1. The Bertz CT molecular complexity index is 1880. The lowest BCUT2D eigenvalue weighted by Gasteiger charge is -2.32. The predicted molar refractivity (Wildman–Crippen MR) is 228 cm³/mol. The highest BCUT2D eigenvalue weighted by Gasteiger charge is 2.30. The van der Waals surface area contributed by atoms with E-state index in [9.17, 15) is 29.1 Å². The fourth-order valence-corrected chi connectivity index (χ4v) is 6.48. The van der Waals surface area contributed by atoms with E-state index in [1.807, 2.05) is 108 Å². The van der Waals surface area contributed by atoms with Gasteiger partial charge in [0.1, 0.15) is 12.6 Å². The van der Waals surface area contributed by atoms with Crippen molar-refractivity contribution in [2.45, 2.75) is 66.7 Å². The summed E-state index contributed by atoms with van der Waals surface area (Å²) in [6.07, 6.45) is 0.200. The number of para-hydroxylation sites is 2. The summed E-state index contributed by atoms with van der Waals surface area (Å²) in [5, 5.41) is 15.4. The molecule has 6 amide bonds. The van der Waals surface area contributed by atoms with Crippen molar-refractivity contribution in [1.29, 1.82) is 0 Å². The second kappa shape index (κ2) is 21.9. The molecule has 0 saturated carbocycles. The average Bonchev–Trinajstić information content (AvgIpc) is 3.23. The maximum atomic E-state index is 14.3. The van der Waals surface area contributed by atoms with Crippen LogP contribution >= 0.6 is 0 Å². The van der Waals surface area contributed by atoms with Crippen LogP contribution in [0.25, 0.3) is 0 Å². The van der Waals surface area contributed by atoms with Crippen LogP contribution in [-0.2, 0) is 20.9 Å². The van der Waals surface area contributed by atoms with E-state index in [-0.39, 0.29) is 49.7 Å². The lowest BCUT2D eigenvalue weighted by Crippen LogP contribution is -2.53. The molecule has 2 atom stereocenters. The summed E-state index contributed by atoms with van der Waals surface area (Å²) in [6, 6.07) is 29.2. The minimum absolute atomic E-state index is 0.0475. The summed E-state index contributed by atoms with van der Waals surface area (Å²) >= 11 is 0. The van der Waals surface area contributed by atoms with E-state index in [1.165, 1.54) is 9.80 Å². The van der Waals surface area contributed by atoms with Gasteiger partial charge in [-0.05, 0) is 88.1 Å². The van der Waals surface area contributed by atoms with Crippen LogP contribution in [0.2, 0.25) is 0 Å². The van der Waals surface area contributed by atoms with Gasteiger partial charge in [0.15, 0.2) is 6.04 Å². The fourth-order valence-electron chi connectivity index (χ4n) is 6.48. The maximum Gasteiger partial charge on any atom is 0.331 e. The quantitative estimate of drug-likeness (QED) is 0.0919. The highest BCUT2D eigenvalue weighted by atomic mass is 16.5. The lowest BCUT2D eigenvalue weighted by molar-refractivity contribution is -0.150. The summed E-state index contributed by atoms with van der Waals surface area (Å²) in [7, 11) is 0. The van der Waals surface area contributed by atoms with Gasteiger partial charge in [-0.25, -0.2) is 14.4 Å². The number of anilines is 4. The van der Waals surface area contributed by atoms with Gasteiger partial charge in [0.25, 0.3) is 5.91 Å². The number of nitrogens with one attached hydrogen (secondary N) is 2. The van der Waals surface area contributed by atoms with Crippen LogP contribution < -0.4 is 30.2 Å². The van der Waals surface area contributed by atoms with E-state index in [2.05, 4.69) is 10.6 Å². The number of esters is 1. The number of hydrogen-bond acceptors (Lipinski definition) is 7. The molecular weight excluding hydrogens is 737 g/mol. The van der Waals surface area contributed by atoms with Gasteiger partial charge in [0.2, 0.25) is 5.91 Å². The van der Waals surface area contributed by atoms with Gasteiger partial charge in [-0.2, -0.15) is 0 Å². The maximum absolute atomic E-state index is 14.3. The summed E-state index contributed by atoms with van der Waals surface area (Å²) in [5.74, 6) is -2.22. The first-order valence-electron chi connectivity index (χ1n) is 19.8. The van der Waals surface area contributed by atoms with Crippen LogP contribution in [0.5, 0.6) is 0 Å². The number of amides is 6. The minimum atomic E-state index is -1.37. The summed E-state index contributed by atoms with van der Waals surface area (Å²) in [6.45, 7) is 11.6. The molecule has 0 unspecified atom stereocenters. The number of nitrogens with zero attached hydrogens (tertiary/aromatic N) is 4. The Morgan fingerprint density at radius 2 is 1.02 bits per heavy atom. The number of carbonyl (C=O) groups is 5. The van der Waals surface area contributed by atoms with E-state index in [4.69, 9.17) is 4.74 Å². The van der Waals surface area contributed by atoms with Gasteiger partial charge < -0.3 is 20.5 Å². The third kappa shape index (κ3) is 11.7. The lowest BCUT2D eigenvalue weighted by atomic mass is 10.0. The molecule has 0 aliphatic rings. The Morgan fingerprint density at radius 3 is 1.43 bits per heavy atom. The molecule has 0 saturated heterocycles. The van der Waals surface area contributed by atoms with E-state index >= 15 is 0 Å². The predicted octanol–water partition coefficient (Wildman–Crippen LogP) is 7.00. The van der Waals surface area contributed by atoms with Crippen molar-refractivity contribution < 1.29 is 33.8 Å². The molecule has 0 heterocycles. The first-order valence-corrected chi connectivity index (χ1v) is 19.8. The van der Waals surface area contributed by atoms with Gasteiger partial charge in [-0.3, -0.25) is 29.2 Å². The minimum Gasteiger partial charge on any atom is -0.459 e. The first-order chi connectivity index (χ1) is 27.9. The number of rotatable bonds is 18. The van der Waals surface area contributed by atoms with E-state index in [0.717, 1.165) is 5.56 Å². The molecule has 4 aromatic rings. The zero-order chi connectivity index (χ0) is 42.2. The molecule has 4 aromatic carbocycles. The second-order valence-corrected chi connectivity index (χ2v) is 13.9. The highest BCUT2D eigenvalue weighted by Crippen LogP contribution is 2.29. The Morgan fingerprint density at radius 1 is 0.586 bits per heavy atom. The molecule has 3 N–H and O–H groups in total. The van der Waals surface area contributed by atoms with Crippen molar-refractivity contribution >= 4 is 52.6 Å². The van der Waals surface area contributed by atoms with E-state index < -0.39 is 36.5 Å². The van der Waals surface area contributed by atoms with Gasteiger partial charge in [0.05, 0.1) is 6.61 Å². The summed E-state index contributed by atoms with van der Waals surface area (Å²) in [4.78, 5) is 75.8.